The molecule has 0 aliphatic rings. The van der Waals surface area contributed by atoms with Gasteiger partial charge in [0, 0.05) is 19.3 Å². The summed E-state index contributed by atoms with van der Waals surface area (Å²) in [6.45, 7) is 10.0. The molecule has 0 aliphatic heterocycles. The van der Waals surface area contributed by atoms with Gasteiger partial charge in [0.05, 0.1) is 49.6 Å². The van der Waals surface area contributed by atoms with E-state index in [9.17, 15) is 13.0 Å². The lowest BCUT2D eigenvalue weighted by molar-refractivity contribution is -0.929. The molecular formula is C24H51NO5S. The normalized spacial score (nSPS) is 12.5. The van der Waals surface area contributed by atoms with Crippen LogP contribution in [-0.4, -0.2) is 76.3 Å². The van der Waals surface area contributed by atoms with Crippen LogP contribution in [0.4, 0.5) is 0 Å². The van der Waals surface area contributed by atoms with Crippen LogP contribution in [0.1, 0.15) is 97.3 Å². The largest absolute Gasteiger partial charge is 0.748 e. The molecule has 0 amide bonds. The van der Waals surface area contributed by atoms with Crippen LogP contribution in [0.2, 0.25) is 0 Å². The van der Waals surface area contributed by atoms with E-state index in [1.807, 2.05) is 0 Å². The summed E-state index contributed by atoms with van der Waals surface area (Å²) >= 11 is 0. The minimum Gasteiger partial charge on any atom is -0.748 e. The summed E-state index contributed by atoms with van der Waals surface area (Å²) in [6, 6.07) is 0. The first-order chi connectivity index (χ1) is 14.9. The second-order valence-electron chi connectivity index (χ2n) is 8.99. The van der Waals surface area contributed by atoms with Gasteiger partial charge < -0.3 is 18.5 Å². The molecule has 0 spiro atoms. The summed E-state index contributed by atoms with van der Waals surface area (Å²) in [4.78, 5) is 0. The van der Waals surface area contributed by atoms with Gasteiger partial charge in [-0.1, -0.05) is 65.2 Å². The van der Waals surface area contributed by atoms with E-state index in [1.165, 1.54) is 64.2 Å². The molecule has 0 radical (unpaired) electrons. The summed E-state index contributed by atoms with van der Waals surface area (Å²) in [5.41, 5.74) is 0. The van der Waals surface area contributed by atoms with Crippen LogP contribution < -0.4 is 0 Å². The van der Waals surface area contributed by atoms with Crippen molar-refractivity contribution in [2.24, 2.45) is 0 Å². The quantitative estimate of drug-likeness (QED) is 0.112. The Balaban J connectivity index is 4.86. The van der Waals surface area contributed by atoms with E-state index in [0.717, 1.165) is 43.5 Å². The maximum absolute atomic E-state index is 11.2. The van der Waals surface area contributed by atoms with E-state index < -0.39 is 10.1 Å². The zero-order valence-electron chi connectivity index (χ0n) is 20.7. The van der Waals surface area contributed by atoms with Crippen molar-refractivity contribution in [3.63, 3.8) is 0 Å². The molecule has 0 aromatic carbocycles. The molecule has 0 aliphatic carbocycles. The van der Waals surface area contributed by atoms with Gasteiger partial charge in [-0.25, -0.2) is 8.42 Å². The van der Waals surface area contributed by atoms with E-state index in [2.05, 4.69) is 13.8 Å². The van der Waals surface area contributed by atoms with Crippen molar-refractivity contribution >= 4 is 10.1 Å². The SMILES string of the molecule is CCCCCCCC[N+](CCCCCCCC)(CCCS(=O)(=O)[O-])CCOCCOC. The lowest BCUT2D eigenvalue weighted by Crippen LogP contribution is -2.52. The number of hydrogen-bond acceptors (Lipinski definition) is 5. The first kappa shape index (κ1) is 30.8. The highest BCUT2D eigenvalue weighted by atomic mass is 32.2. The third-order valence-electron chi connectivity index (χ3n) is 6.14. The van der Waals surface area contributed by atoms with Crippen molar-refractivity contribution in [3.05, 3.63) is 0 Å². The van der Waals surface area contributed by atoms with Crippen molar-refractivity contribution in [1.29, 1.82) is 0 Å². The van der Waals surface area contributed by atoms with Crippen LogP contribution in [-0.2, 0) is 19.6 Å². The molecule has 0 fully saturated rings. The number of nitrogens with zero attached hydrogens (tertiary/aromatic N) is 1. The Bertz CT molecular complexity index is 468. The third kappa shape index (κ3) is 20.1. The molecule has 0 atom stereocenters. The molecule has 0 unspecified atom stereocenters. The summed E-state index contributed by atoms with van der Waals surface area (Å²) in [7, 11) is -2.49. The fourth-order valence-corrected chi connectivity index (χ4v) is 4.69. The average molecular weight is 466 g/mol. The van der Waals surface area contributed by atoms with Crippen LogP contribution in [0.25, 0.3) is 0 Å². The first-order valence-electron chi connectivity index (χ1n) is 12.7. The molecule has 188 valence electrons. The van der Waals surface area contributed by atoms with E-state index in [-0.39, 0.29) is 5.75 Å². The Labute approximate surface area is 193 Å². The van der Waals surface area contributed by atoms with Crippen LogP contribution in [0.5, 0.6) is 0 Å². The smallest absolute Gasteiger partial charge is 0.102 e. The highest BCUT2D eigenvalue weighted by Gasteiger charge is 2.26. The number of hydrogen-bond donors (Lipinski definition) is 0. The standard InChI is InChI=1S/C24H51NO5S/c1-4-6-8-10-12-14-17-25(19-16-24-31(26,27)28,20-21-30-23-22-29-3)18-15-13-11-9-7-5-2/h4-24H2,1-3H3. The summed E-state index contributed by atoms with van der Waals surface area (Å²) < 4.78 is 45.2. The van der Waals surface area contributed by atoms with Gasteiger partial charge in [-0.3, -0.25) is 0 Å². The molecule has 0 N–H and O–H groups in total. The van der Waals surface area contributed by atoms with Gasteiger partial charge in [0.15, 0.2) is 0 Å². The number of quaternary nitrogens is 1. The summed E-state index contributed by atoms with van der Waals surface area (Å²) in [5, 5.41) is 0. The molecule has 0 bridgehead atoms. The van der Waals surface area contributed by atoms with Crippen molar-refractivity contribution in [2.45, 2.75) is 97.3 Å². The predicted molar refractivity (Wildman–Crippen MR) is 128 cm³/mol. The van der Waals surface area contributed by atoms with Gasteiger partial charge in [0.25, 0.3) is 0 Å². The first-order valence-corrected chi connectivity index (χ1v) is 14.3. The van der Waals surface area contributed by atoms with Gasteiger partial charge in [0.2, 0.25) is 0 Å². The van der Waals surface area contributed by atoms with Crippen LogP contribution in [0.15, 0.2) is 0 Å². The monoisotopic (exact) mass is 465 g/mol. The molecule has 0 saturated heterocycles. The van der Waals surface area contributed by atoms with Gasteiger partial charge in [0.1, 0.15) is 6.54 Å². The number of ether oxygens (including phenoxy) is 2. The Kier molecular flexibility index (Phi) is 20.3. The maximum Gasteiger partial charge on any atom is 0.102 e. The van der Waals surface area contributed by atoms with E-state index >= 15 is 0 Å². The molecule has 0 saturated carbocycles. The van der Waals surface area contributed by atoms with Gasteiger partial charge in [-0.2, -0.15) is 0 Å². The lowest BCUT2D eigenvalue weighted by Gasteiger charge is -2.39. The molecule has 0 aromatic heterocycles. The zero-order chi connectivity index (χ0) is 23.3. The molecule has 0 rings (SSSR count). The second-order valence-corrected chi connectivity index (χ2v) is 10.5. The van der Waals surface area contributed by atoms with Gasteiger partial charge in [-0.15, -0.1) is 0 Å². The Hall–Kier alpha value is -0.210. The van der Waals surface area contributed by atoms with E-state index in [0.29, 0.717) is 26.2 Å². The minimum absolute atomic E-state index is 0.259. The Morgan fingerprint density at radius 1 is 0.645 bits per heavy atom. The van der Waals surface area contributed by atoms with Crippen LogP contribution in [0, 0.1) is 0 Å². The van der Waals surface area contributed by atoms with E-state index in [4.69, 9.17) is 9.47 Å². The molecule has 6 nitrogen and oxygen atoms in total. The Morgan fingerprint density at radius 3 is 1.61 bits per heavy atom. The number of methoxy groups -OCH3 is 1. The third-order valence-corrected chi connectivity index (χ3v) is 6.93. The average Bonchev–Trinajstić information content (AvgIpc) is 2.72. The molecule has 31 heavy (non-hydrogen) atoms. The fraction of sp³-hybridized carbons (Fsp3) is 1.00. The van der Waals surface area contributed by atoms with Crippen molar-refractivity contribution in [2.75, 3.05) is 58.9 Å². The molecule has 0 heterocycles. The highest BCUT2D eigenvalue weighted by Crippen LogP contribution is 2.17. The van der Waals surface area contributed by atoms with E-state index in [1.54, 1.807) is 7.11 Å². The van der Waals surface area contributed by atoms with Crippen molar-refractivity contribution < 1.29 is 26.9 Å². The lowest BCUT2D eigenvalue weighted by atomic mass is 10.1. The van der Waals surface area contributed by atoms with Gasteiger partial charge >= 0.3 is 0 Å². The van der Waals surface area contributed by atoms with Crippen LogP contribution in [0.3, 0.4) is 0 Å². The summed E-state index contributed by atoms with van der Waals surface area (Å²) in [5.74, 6) is -0.259. The maximum atomic E-state index is 11.2. The molecule has 7 heteroatoms. The predicted octanol–water partition coefficient (Wildman–Crippen LogP) is 5.12. The Morgan fingerprint density at radius 2 is 1.13 bits per heavy atom. The number of rotatable bonds is 24. The topological polar surface area (TPSA) is 75.7 Å². The second kappa shape index (κ2) is 20.4. The highest BCUT2D eigenvalue weighted by molar-refractivity contribution is 7.85. The molecule has 0 aromatic rings. The zero-order valence-corrected chi connectivity index (χ0v) is 21.6. The summed E-state index contributed by atoms with van der Waals surface area (Å²) in [6.07, 6.45) is 15.4. The molecular weight excluding hydrogens is 414 g/mol. The minimum atomic E-state index is -4.16. The van der Waals surface area contributed by atoms with Crippen molar-refractivity contribution in [3.8, 4) is 0 Å². The fourth-order valence-electron chi connectivity index (χ4n) is 4.21. The number of unbranched alkanes of at least 4 members (excludes halogenated alkanes) is 10. The van der Waals surface area contributed by atoms with Crippen molar-refractivity contribution in [1.82, 2.24) is 0 Å². The van der Waals surface area contributed by atoms with Gasteiger partial charge in [-0.05, 0) is 25.7 Å². The van der Waals surface area contributed by atoms with Crippen LogP contribution >= 0.6 is 0 Å².